The molecule has 4 saturated carbocycles. The molecule has 0 N–H and O–H groups in total. The molecule has 0 amide bonds. The third-order valence-corrected chi connectivity index (χ3v) is 8.94. The Kier molecular flexibility index (Phi) is 4.56. The summed E-state index contributed by atoms with van der Waals surface area (Å²) in [7, 11) is 0. The maximum absolute atomic E-state index is 13.5. The van der Waals surface area contributed by atoms with E-state index in [2.05, 4.69) is 48.5 Å². The topological polar surface area (TPSA) is 26.3 Å². The zero-order valence-electron chi connectivity index (χ0n) is 18.8. The molecule has 0 aromatic heterocycles. The molecule has 2 nitrogen and oxygen atoms in total. The van der Waals surface area contributed by atoms with E-state index in [-0.39, 0.29) is 28.3 Å². The lowest BCUT2D eigenvalue weighted by atomic mass is 9.65. The van der Waals surface area contributed by atoms with Crippen molar-refractivity contribution in [1.29, 1.82) is 0 Å². The molecule has 0 spiro atoms. The Hall–Kier alpha value is -0.530. The van der Waals surface area contributed by atoms with Gasteiger partial charge < -0.3 is 4.74 Å². The van der Waals surface area contributed by atoms with Gasteiger partial charge in [-0.2, -0.15) is 0 Å². The highest BCUT2D eigenvalue weighted by molar-refractivity contribution is 5.74. The normalized spacial score (nSPS) is 43.8. The fourth-order valence-corrected chi connectivity index (χ4v) is 7.92. The third-order valence-electron chi connectivity index (χ3n) is 8.94. The molecule has 0 aromatic carbocycles. The van der Waals surface area contributed by atoms with Crippen LogP contribution < -0.4 is 0 Å². The zero-order valence-corrected chi connectivity index (χ0v) is 18.8. The van der Waals surface area contributed by atoms with Crippen LogP contribution in [-0.2, 0) is 9.53 Å². The van der Waals surface area contributed by atoms with Crippen LogP contribution in [-0.4, -0.2) is 11.6 Å². The van der Waals surface area contributed by atoms with Crippen molar-refractivity contribution in [2.75, 3.05) is 0 Å². The maximum Gasteiger partial charge on any atom is 0.310 e. The van der Waals surface area contributed by atoms with Gasteiger partial charge in [0.1, 0.15) is 5.60 Å². The summed E-state index contributed by atoms with van der Waals surface area (Å²) in [6.45, 7) is 15.6. The Balaban J connectivity index is 1.54. The zero-order chi connectivity index (χ0) is 19.8. The van der Waals surface area contributed by atoms with E-state index in [4.69, 9.17) is 4.74 Å². The van der Waals surface area contributed by atoms with Crippen molar-refractivity contribution in [2.24, 2.45) is 52.3 Å². The van der Waals surface area contributed by atoms with Gasteiger partial charge in [0.15, 0.2) is 0 Å². The van der Waals surface area contributed by atoms with Crippen molar-refractivity contribution < 1.29 is 9.53 Å². The van der Waals surface area contributed by atoms with Gasteiger partial charge in [-0.15, -0.1) is 0 Å². The van der Waals surface area contributed by atoms with Gasteiger partial charge in [0.25, 0.3) is 0 Å². The number of ether oxygens (including phenoxy) is 1. The van der Waals surface area contributed by atoms with Crippen molar-refractivity contribution in [2.45, 2.75) is 99.0 Å². The molecular weight excluding hydrogens is 332 g/mol. The van der Waals surface area contributed by atoms with E-state index in [0.717, 1.165) is 48.9 Å². The monoisotopic (exact) mass is 374 g/mol. The standard InChI is InChI=1S/C25H42O2/c1-8-25(27-22(26)19(24(5,6)7)14-23(2,3)4)13-17-12-18(25)21-16-10-9-15(11-16)20(17)21/h15-21H,8-14H2,1-7H3. The Morgan fingerprint density at radius 3 is 2.19 bits per heavy atom. The maximum atomic E-state index is 13.5. The molecule has 154 valence electrons. The highest BCUT2D eigenvalue weighted by Gasteiger charge is 2.68. The fourth-order valence-electron chi connectivity index (χ4n) is 7.92. The molecule has 4 bridgehead atoms. The molecule has 0 heterocycles. The van der Waals surface area contributed by atoms with Crippen molar-refractivity contribution in [3.63, 3.8) is 0 Å². The molecule has 8 unspecified atom stereocenters. The molecule has 0 aromatic rings. The van der Waals surface area contributed by atoms with E-state index in [1.54, 1.807) is 0 Å². The first-order chi connectivity index (χ1) is 12.5. The van der Waals surface area contributed by atoms with Gasteiger partial charge >= 0.3 is 5.97 Å². The van der Waals surface area contributed by atoms with Gasteiger partial charge in [-0.1, -0.05) is 48.5 Å². The van der Waals surface area contributed by atoms with Crippen LogP contribution in [0.2, 0.25) is 0 Å². The molecule has 0 saturated heterocycles. The van der Waals surface area contributed by atoms with Crippen LogP contribution in [0, 0.1) is 52.3 Å². The largest absolute Gasteiger partial charge is 0.459 e. The second-order valence-electron chi connectivity index (χ2n) is 12.8. The number of fused-ring (bicyclic) bond motifs is 9. The molecular formula is C25H42O2. The highest BCUT2D eigenvalue weighted by atomic mass is 16.6. The van der Waals surface area contributed by atoms with E-state index in [1.807, 2.05) is 0 Å². The van der Waals surface area contributed by atoms with Crippen molar-refractivity contribution in [1.82, 2.24) is 0 Å². The molecule has 0 radical (unpaired) electrons. The summed E-state index contributed by atoms with van der Waals surface area (Å²) in [5.74, 6) is 5.33. The lowest BCUT2D eigenvalue weighted by molar-refractivity contribution is -0.182. The van der Waals surface area contributed by atoms with Crippen LogP contribution in [0.5, 0.6) is 0 Å². The minimum Gasteiger partial charge on any atom is -0.459 e. The number of hydrogen-bond acceptors (Lipinski definition) is 2. The molecule has 4 aliphatic rings. The Bertz CT molecular complexity index is 594. The molecule has 2 heteroatoms. The first-order valence-electron chi connectivity index (χ1n) is 11.7. The second-order valence-corrected chi connectivity index (χ2v) is 12.8. The summed E-state index contributed by atoms with van der Waals surface area (Å²) in [5, 5.41) is 0. The quantitative estimate of drug-likeness (QED) is 0.416. The summed E-state index contributed by atoms with van der Waals surface area (Å²) in [6.07, 6.45) is 8.79. The van der Waals surface area contributed by atoms with Crippen LogP contribution in [0.1, 0.15) is 93.4 Å². The van der Waals surface area contributed by atoms with E-state index in [9.17, 15) is 4.79 Å². The van der Waals surface area contributed by atoms with Crippen molar-refractivity contribution in [3.8, 4) is 0 Å². The Labute approximate surface area is 167 Å². The molecule has 4 aliphatic carbocycles. The van der Waals surface area contributed by atoms with Crippen LogP contribution in [0.25, 0.3) is 0 Å². The first-order valence-corrected chi connectivity index (χ1v) is 11.7. The predicted octanol–water partition coefficient (Wildman–Crippen LogP) is 6.48. The lowest BCUT2D eigenvalue weighted by Crippen LogP contribution is -2.49. The smallest absolute Gasteiger partial charge is 0.310 e. The number of carbonyl (C=O) groups is 1. The highest BCUT2D eigenvalue weighted by Crippen LogP contribution is 2.71. The summed E-state index contributed by atoms with van der Waals surface area (Å²) < 4.78 is 6.59. The van der Waals surface area contributed by atoms with Gasteiger partial charge in [-0.05, 0) is 85.4 Å². The van der Waals surface area contributed by atoms with Crippen LogP contribution in [0.15, 0.2) is 0 Å². The average molecular weight is 375 g/mol. The molecule has 4 fully saturated rings. The number of hydrogen-bond donors (Lipinski definition) is 0. The van der Waals surface area contributed by atoms with Crippen molar-refractivity contribution >= 4 is 5.97 Å². The first kappa shape index (κ1) is 19.8. The molecule has 27 heavy (non-hydrogen) atoms. The predicted molar refractivity (Wildman–Crippen MR) is 110 cm³/mol. The number of rotatable bonds is 4. The lowest BCUT2D eigenvalue weighted by Gasteiger charge is -2.47. The summed E-state index contributed by atoms with van der Waals surface area (Å²) in [4.78, 5) is 13.5. The molecule has 8 atom stereocenters. The number of esters is 1. The van der Waals surface area contributed by atoms with Crippen molar-refractivity contribution in [3.05, 3.63) is 0 Å². The van der Waals surface area contributed by atoms with E-state index in [0.29, 0.717) is 5.92 Å². The SMILES string of the molecule is CCC1(OC(=O)C(CC(C)(C)C)C(C)(C)C)CC2CC1C1C3CCC(C3)C21. The van der Waals surface area contributed by atoms with Crippen LogP contribution in [0.3, 0.4) is 0 Å². The summed E-state index contributed by atoms with van der Waals surface area (Å²) in [5.41, 5.74) is -0.0681. The minimum atomic E-state index is -0.158. The number of carbonyl (C=O) groups excluding carboxylic acids is 1. The summed E-state index contributed by atoms with van der Waals surface area (Å²) in [6, 6.07) is 0. The van der Waals surface area contributed by atoms with Gasteiger partial charge in [0, 0.05) is 5.92 Å². The Morgan fingerprint density at radius 2 is 1.63 bits per heavy atom. The van der Waals surface area contributed by atoms with Gasteiger partial charge in [-0.25, -0.2) is 0 Å². The third kappa shape index (κ3) is 3.18. The van der Waals surface area contributed by atoms with E-state index < -0.39 is 0 Å². The minimum absolute atomic E-state index is 0.0177. The van der Waals surface area contributed by atoms with E-state index >= 15 is 0 Å². The molecule has 4 rings (SSSR count). The molecule has 0 aliphatic heterocycles. The van der Waals surface area contributed by atoms with Gasteiger partial charge in [0.2, 0.25) is 0 Å². The average Bonchev–Trinajstić information content (AvgIpc) is 3.28. The van der Waals surface area contributed by atoms with Gasteiger partial charge in [0.05, 0.1) is 5.92 Å². The Morgan fingerprint density at radius 1 is 1.00 bits per heavy atom. The van der Waals surface area contributed by atoms with Crippen LogP contribution in [0.4, 0.5) is 0 Å². The second kappa shape index (κ2) is 6.23. The fraction of sp³-hybridized carbons (Fsp3) is 0.960. The van der Waals surface area contributed by atoms with Gasteiger partial charge in [-0.3, -0.25) is 4.79 Å². The van der Waals surface area contributed by atoms with Crippen LogP contribution >= 0.6 is 0 Å². The summed E-state index contributed by atoms with van der Waals surface area (Å²) >= 11 is 0. The van der Waals surface area contributed by atoms with E-state index in [1.165, 1.54) is 25.7 Å².